The number of alkyl halides is 1. The Bertz CT molecular complexity index is 619. The number of nitrogens with zero attached hydrogens (tertiary/aromatic N) is 2. The zero-order valence-electron chi connectivity index (χ0n) is 12.5. The Balaban J connectivity index is 2.16. The van der Waals surface area contributed by atoms with Crippen LogP contribution in [-0.2, 0) is 13.2 Å². The van der Waals surface area contributed by atoms with Crippen molar-refractivity contribution in [2.24, 2.45) is 0 Å². The highest BCUT2D eigenvalue weighted by Gasteiger charge is 2.16. The van der Waals surface area contributed by atoms with E-state index < -0.39 is 13.7 Å². The lowest BCUT2D eigenvalue weighted by Gasteiger charge is -2.08. The zero-order chi connectivity index (χ0) is 16.1. The molecule has 0 atom stereocenters. The lowest BCUT2D eigenvalue weighted by atomic mass is 9.89. The highest BCUT2D eigenvalue weighted by atomic mass is 32.2. The molecule has 0 fully saturated rings. The SMILES string of the molecule is CB(O)NCCn1nc(C)c(Sc2ccc(F)cc2)c1CF. The molecule has 2 N–H and O–H groups in total. The second-order valence-corrected chi connectivity index (χ2v) is 5.99. The van der Waals surface area contributed by atoms with Gasteiger partial charge in [-0.2, -0.15) is 5.10 Å². The van der Waals surface area contributed by atoms with Gasteiger partial charge in [0.1, 0.15) is 12.5 Å². The molecule has 0 saturated carbocycles. The number of halogens is 2. The zero-order valence-corrected chi connectivity index (χ0v) is 13.3. The Hall–Kier alpha value is -1.38. The largest absolute Gasteiger partial charge is 0.437 e. The second kappa shape index (κ2) is 7.76. The summed E-state index contributed by atoms with van der Waals surface area (Å²) in [5, 5.41) is 16.4. The quantitative estimate of drug-likeness (QED) is 0.769. The molecule has 0 aliphatic rings. The van der Waals surface area contributed by atoms with Crippen LogP contribution in [0.5, 0.6) is 0 Å². The molecule has 0 aliphatic heterocycles. The summed E-state index contributed by atoms with van der Waals surface area (Å²) in [6.07, 6.45) is 0. The van der Waals surface area contributed by atoms with E-state index >= 15 is 0 Å². The molecular formula is C14H18BF2N3OS. The summed E-state index contributed by atoms with van der Waals surface area (Å²) in [6, 6.07) is 6.08. The van der Waals surface area contributed by atoms with E-state index in [0.717, 1.165) is 15.5 Å². The number of rotatable bonds is 7. The summed E-state index contributed by atoms with van der Waals surface area (Å²) < 4.78 is 28.0. The molecule has 1 heterocycles. The normalized spacial score (nSPS) is 11.0. The molecule has 0 bridgehead atoms. The average Bonchev–Trinajstić information content (AvgIpc) is 2.76. The molecule has 22 heavy (non-hydrogen) atoms. The average molecular weight is 325 g/mol. The number of aryl methyl sites for hydroxylation is 1. The number of nitrogens with one attached hydrogen (secondary N) is 1. The molecule has 0 radical (unpaired) electrons. The van der Waals surface area contributed by atoms with E-state index in [4.69, 9.17) is 0 Å². The van der Waals surface area contributed by atoms with Crippen LogP contribution in [0.15, 0.2) is 34.1 Å². The van der Waals surface area contributed by atoms with Gasteiger partial charge in [-0.05, 0) is 38.0 Å². The van der Waals surface area contributed by atoms with Gasteiger partial charge in [-0.15, -0.1) is 0 Å². The van der Waals surface area contributed by atoms with Crippen molar-refractivity contribution in [2.75, 3.05) is 6.54 Å². The van der Waals surface area contributed by atoms with Gasteiger partial charge in [-0.1, -0.05) is 11.8 Å². The molecule has 0 unspecified atom stereocenters. The first-order chi connectivity index (χ1) is 10.5. The third-order valence-corrected chi connectivity index (χ3v) is 4.34. The number of benzene rings is 1. The summed E-state index contributed by atoms with van der Waals surface area (Å²) >= 11 is 1.37. The fraction of sp³-hybridized carbons (Fsp3) is 0.357. The minimum absolute atomic E-state index is 0.299. The van der Waals surface area contributed by atoms with Gasteiger partial charge in [0.2, 0.25) is 0 Å². The maximum Gasteiger partial charge on any atom is 0.373 e. The first-order valence-electron chi connectivity index (χ1n) is 6.98. The van der Waals surface area contributed by atoms with Crippen molar-refractivity contribution < 1.29 is 13.8 Å². The highest BCUT2D eigenvalue weighted by Crippen LogP contribution is 2.33. The minimum atomic E-state index is -0.626. The molecule has 4 nitrogen and oxygen atoms in total. The topological polar surface area (TPSA) is 50.1 Å². The van der Waals surface area contributed by atoms with Gasteiger partial charge in [-0.25, -0.2) is 8.78 Å². The monoisotopic (exact) mass is 325 g/mol. The lowest BCUT2D eigenvalue weighted by Crippen LogP contribution is -2.33. The Morgan fingerprint density at radius 3 is 2.64 bits per heavy atom. The first-order valence-corrected chi connectivity index (χ1v) is 7.80. The van der Waals surface area contributed by atoms with Crippen LogP contribution in [0.4, 0.5) is 8.78 Å². The summed E-state index contributed by atoms with van der Waals surface area (Å²) in [5.74, 6) is -0.299. The van der Waals surface area contributed by atoms with Gasteiger partial charge in [0, 0.05) is 11.4 Å². The van der Waals surface area contributed by atoms with E-state index in [2.05, 4.69) is 10.3 Å². The predicted octanol–water partition coefficient (Wildman–Crippen LogP) is 2.65. The summed E-state index contributed by atoms with van der Waals surface area (Å²) in [6.45, 7) is 3.78. The van der Waals surface area contributed by atoms with Gasteiger partial charge in [-0.3, -0.25) is 4.68 Å². The molecule has 0 saturated heterocycles. The van der Waals surface area contributed by atoms with Crippen molar-refractivity contribution in [1.82, 2.24) is 15.0 Å². The Morgan fingerprint density at radius 2 is 2.05 bits per heavy atom. The molecular weight excluding hydrogens is 307 g/mol. The third-order valence-electron chi connectivity index (χ3n) is 3.10. The van der Waals surface area contributed by atoms with Gasteiger partial charge in [0.15, 0.2) is 0 Å². The van der Waals surface area contributed by atoms with Crippen LogP contribution >= 0.6 is 11.8 Å². The third kappa shape index (κ3) is 4.31. The smallest absolute Gasteiger partial charge is 0.373 e. The molecule has 118 valence electrons. The Labute approximate surface area is 133 Å². The molecule has 0 spiro atoms. The number of aromatic nitrogens is 2. The van der Waals surface area contributed by atoms with E-state index in [9.17, 15) is 13.8 Å². The molecule has 8 heteroatoms. The van der Waals surface area contributed by atoms with Gasteiger partial charge >= 0.3 is 7.05 Å². The maximum absolute atomic E-state index is 13.4. The van der Waals surface area contributed by atoms with Crippen LogP contribution in [-0.4, -0.2) is 28.4 Å². The lowest BCUT2D eigenvalue weighted by molar-refractivity contribution is 0.436. The van der Waals surface area contributed by atoms with Crippen LogP contribution in [0, 0.1) is 12.7 Å². The number of hydrogen-bond acceptors (Lipinski definition) is 4. The van der Waals surface area contributed by atoms with Crippen LogP contribution < -0.4 is 5.23 Å². The predicted molar refractivity (Wildman–Crippen MR) is 84.1 cm³/mol. The van der Waals surface area contributed by atoms with Crippen molar-refractivity contribution in [3.05, 3.63) is 41.5 Å². The molecule has 1 aromatic heterocycles. The van der Waals surface area contributed by atoms with Crippen LogP contribution in [0.25, 0.3) is 0 Å². The molecule has 0 amide bonds. The summed E-state index contributed by atoms with van der Waals surface area (Å²) in [7, 11) is -0.612. The fourth-order valence-electron chi connectivity index (χ4n) is 2.06. The van der Waals surface area contributed by atoms with Crippen molar-refractivity contribution in [3.63, 3.8) is 0 Å². The van der Waals surface area contributed by atoms with Crippen molar-refractivity contribution in [3.8, 4) is 0 Å². The van der Waals surface area contributed by atoms with E-state index in [-0.39, 0.29) is 5.82 Å². The van der Waals surface area contributed by atoms with E-state index in [1.54, 1.807) is 23.6 Å². The van der Waals surface area contributed by atoms with E-state index in [1.807, 2.05) is 6.92 Å². The van der Waals surface area contributed by atoms with Gasteiger partial charge in [0.05, 0.1) is 22.8 Å². The Kier molecular flexibility index (Phi) is 5.99. The summed E-state index contributed by atoms with van der Waals surface area (Å²) in [4.78, 5) is 1.59. The minimum Gasteiger partial charge on any atom is -0.437 e. The Morgan fingerprint density at radius 1 is 1.36 bits per heavy atom. The van der Waals surface area contributed by atoms with Crippen molar-refractivity contribution >= 4 is 18.8 Å². The standard InChI is InChI=1S/C14H18BF2N3OS/c1-10-14(22-12-5-3-11(17)4-6-12)13(9-16)20(19-10)8-7-18-15(2)21/h3-6,18,21H,7-9H2,1-2H3. The maximum atomic E-state index is 13.4. The molecule has 0 aliphatic carbocycles. The van der Waals surface area contributed by atoms with Gasteiger partial charge in [0.25, 0.3) is 0 Å². The highest BCUT2D eigenvalue weighted by molar-refractivity contribution is 7.99. The van der Waals surface area contributed by atoms with E-state index in [1.165, 1.54) is 23.9 Å². The van der Waals surface area contributed by atoms with Gasteiger partial charge < -0.3 is 10.3 Å². The van der Waals surface area contributed by atoms with E-state index in [0.29, 0.717) is 18.8 Å². The first kappa shape index (κ1) is 17.0. The molecule has 1 aromatic carbocycles. The second-order valence-electron chi connectivity index (χ2n) is 4.90. The van der Waals surface area contributed by atoms with Crippen LogP contribution in [0.1, 0.15) is 11.4 Å². The summed E-state index contributed by atoms with van der Waals surface area (Å²) in [5.41, 5.74) is 1.23. The van der Waals surface area contributed by atoms with Crippen molar-refractivity contribution in [1.29, 1.82) is 0 Å². The molecule has 2 rings (SSSR count). The van der Waals surface area contributed by atoms with Crippen molar-refractivity contribution in [2.45, 2.75) is 36.8 Å². The number of hydrogen-bond donors (Lipinski definition) is 2. The van der Waals surface area contributed by atoms with Crippen LogP contribution in [0.3, 0.4) is 0 Å². The van der Waals surface area contributed by atoms with Crippen LogP contribution in [0.2, 0.25) is 6.82 Å². The fourth-order valence-corrected chi connectivity index (χ4v) is 3.03. The molecule has 2 aromatic rings.